The van der Waals surface area contributed by atoms with E-state index in [0.717, 1.165) is 17.4 Å². The lowest BCUT2D eigenvalue weighted by molar-refractivity contribution is 0.547. The highest BCUT2D eigenvalue weighted by Crippen LogP contribution is 2.29. The minimum absolute atomic E-state index is 0.0257. The molecule has 0 amide bonds. The van der Waals surface area contributed by atoms with Crippen LogP contribution in [0.4, 0.5) is 0 Å². The minimum atomic E-state index is -0.465. The molecule has 1 aromatic heterocycles. The second-order valence-electron chi connectivity index (χ2n) is 3.91. The monoisotopic (exact) mass is 205 g/mol. The number of aryl methyl sites for hydroxylation is 1. The molecule has 0 bridgehead atoms. The quantitative estimate of drug-likeness (QED) is 0.673. The number of rotatable bonds is 2. The van der Waals surface area contributed by atoms with Crippen molar-refractivity contribution >= 4 is 0 Å². The van der Waals surface area contributed by atoms with Crippen molar-refractivity contribution in [3.05, 3.63) is 32.6 Å². The van der Waals surface area contributed by atoms with Gasteiger partial charge in [0.25, 0.3) is 5.56 Å². The van der Waals surface area contributed by atoms with E-state index < -0.39 is 5.56 Å². The predicted octanol–water partition coefficient (Wildman–Crippen LogP) is -0.171. The molecule has 0 atom stereocenters. The second kappa shape index (κ2) is 3.39. The highest BCUT2D eigenvalue weighted by molar-refractivity contribution is 5.22. The summed E-state index contributed by atoms with van der Waals surface area (Å²) in [5, 5.41) is 8.73. The van der Waals surface area contributed by atoms with Gasteiger partial charge < -0.3 is 4.57 Å². The first kappa shape index (κ1) is 9.71. The molecular formula is C10H11N3O2. The number of nitrogens with zero attached hydrogens (tertiary/aromatic N) is 3. The Hall–Kier alpha value is -1.83. The zero-order valence-electron chi connectivity index (χ0n) is 8.43. The summed E-state index contributed by atoms with van der Waals surface area (Å²) < 4.78 is 2.44. The Labute approximate surface area is 86.2 Å². The van der Waals surface area contributed by atoms with E-state index in [-0.39, 0.29) is 11.3 Å². The first-order chi connectivity index (χ1) is 7.13. The van der Waals surface area contributed by atoms with Gasteiger partial charge in [0.15, 0.2) is 0 Å². The van der Waals surface area contributed by atoms with Crippen LogP contribution in [-0.2, 0) is 13.6 Å². The van der Waals surface area contributed by atoms with E-state index in [0.29, 0.717) is 12.5 Å². The first-order valence-corrected chi connectivity index (χ1v) is 4.84. The standard InChI is InChI=1S/C10H11N3O2/c1-12-6-8(4-11)9(14)13(10(12)15)5-7-2-3-7/h6-7H,2-3,5H2,1H3. The van der Waals surface area contributed by atoms with Crippen LogP contribution in [0.25, 0.3) is 0 Å². The van der Waals surface area contributed by atoms with Crippen LogP contribution in [0, 0.1) is 17.2 Å². The van der Waals surface area contributed by atoms with Gasteiger partial charge in [0.2, 0.25) is 0 Å². The van der Waals surface area contributed by atoms with Gasteiger partial charge >= 0.3 is 5.69 Å². The van der Waals surface area contributed by atoms with Crippen molar-refractivity contribution in [2.75, 3.05) is 0 Å². The number of aromatic nitrogens is 2. The topological polar surface area (TPSA) is 67.8 Å². The fourth-order valence-corrected chi connectivity index (χ4v) is 1.52. The third-order valence-electron chi connectivity index (χ3n) is 2.59. The molecule has 5 heteroatoms. The maximum Gasteiger partial charge on any atom is 0.330 e. The zero-order valence-corrected chi connectivity index (χ0v) is 8.43. The van der Waals surface area contributed by atoms with Crippen molar-refractivity contribution in [3.63, 3.8) is 0 Å². The molecule has 0 saturated heterocycles. The Morgan fingerprint density at radius 3 is 2.73 bits per heavy atom. The van der Waals surface area contributed by atoms with E-state index in [9.17, 15) is 9.59 Å². The summed E-state index contributed by atoms with van der Waals surface area (Å²) in [6.45, 7) is 0.445. The average molecular weight is 205 g/mol. The van der Waals surface area contributed by atoms with Gasteiger partial charge in [0, 0.05) is 19.8 Å². The molecule has 2 rings (SSSR count). The van der Waals surface area contributed by atoms with E-state index in [2.05, 4.69) is 0 Å². The molecule has 0 radical (unpaired) electrons. The summed E-state index contributed by atoms with van der Waals surface area (Å²) in [4.78, 5) is 23.3. The summed E-state index contributed by atoms with van der Waals surface area (Å²) in [6.07, 6.45) is 3.41. The van der Waals surface area contributed by atoms with E-state index in [4.69, 9.17) is 5.26 Å². The number of hydrogen-bond donors (Lipinski definition) is 0. The van der Waals surface area contributed by atoms with Crippen LogP contribution in [0.5, 0.6) is 0 Å². The van der Waals surface area contributed by atoms with E-state index in [1.807, 2.05) is 0 Å². The van der Waals surface area contributed by atoms with Crippen LogP contribution < -0.4 is 11.2 Å². The van der Waals surface area contributed by atoms with Crippen molar-refractivity contribution in [2.45, 2.75) is 19.4 Å². The summed E-state index contributed by atoms with van der Waals surface area (Å²) in [5.41, 5.74) is -0.781. The second-order valence-corrected chi connectivity index (χ2v) is 3.91. The lowest BCUT2D eigenvalue weighted by Crippen LogP contribution is -2.40. The van der Waals surface area contributed by atoms with Crippen LogP contribution in [0.1, 0.15) is 18.4 Å². The third-order valence-corrected chi connectivity index (χ3v) is 2.59. The Morgan fingerprint density at radius 1 is 1.53 bits per heavy atom. The summed E-state index contributed by atoms with van der Waals surface area (Å²) >= 11 is 0. The third kappa shape index (κ3) is 1.71. The molecular weight excluding hydrogens is 194 g/mol. The fourth-order valence-electron chi connectivity index (χ4n) is 1.52. The Kier molecular flexibility index (Phi) is 2.19. The SMILES string of the molecule is Cn1cc(C#N)c(=O)n(CC2CC2)c1=O. The van der Waals surface area contributed by atoms with Gasteiger partial charge in [-0.1, -0.05) is 0 Å². The molecule has 1 aliphatic carbocycles. The zero-order chi connectivity index (χ0) is 11.0. The summed E-state index contributed by atoms with van der Waals surface area (Å²) in [6, 6.07) is 1.80. The van der Waals surface area contributed by atoms with Crippen molar-refractivity contribution in [2.24, 2.45) is 13.0 Å². The van der Waals surface area contributed by atoms with Gasteiger partial charge in [-0.15, -0.1) is 0 Å². The smallest absolute Gasteiger partial charge is 0.302 e. The normalized spacial score (nSPS) is 14.9. The average Bonchev–Trinajstić information content (AvgIpc) is 3.02. The number of hydrogen-bond acceptors (Lipinski definition) is 3. The Balaban J connectivity index is 2.59. The van der Waals surface area contributed by atoms with Crippen LogP contribution >= 0.6 is 0 Å². The van der Waals surface area contributed by atoms with Gasteiger partial charge in [-0.05, 0) is 18.8 Å². The van der Waals surface area contributed by atoms with Gasteiger partial charge in [0.05, 0.1) is 0 Å². The van der Waals surface area contributed by atoms with Crippen molar-refractivity contribution < 1.29 is 0 Å². The van der Waals surface area contributed by atoms with Crippen molar-refractivity contribution in [1.82, 2.24) is 9.13 Å². The maximum absolute atomic E-state index is 11.7. The molecule has 0 unspecified atom stereocenters. The van der Waals surface area contributed by atoms with Crippen LogP contribution in [0.3, 0.4) is 0 Å². The molecule has 5 nitrogen and oxygen atoms in total. The summed E-state index contributed by atoms with van der Waals surface area (Å²) in [5.74, 6) is 0.435. The molecule has 78 valence electrons. The van der Waals surface area contributed by atoms with Gasteiger partial charge in [-0.2, -0.15) is 5.26 Å². The summed E-state index contributed by atoms with van der Waals surface area (Å²) in [7, 11) is 1.55. The van der Waals surface area contributed by atoms with E-state index >= 15 is 0 Å². The van der Waals surface area contributed by atoms with Gasteiger partial charge in [-0.25, -0.2) is 4.79 Å². The molecule has 1 aliphatic rings. The molecule has 0 N–H and O–H groups in total. The van der Waals surface area contributed by atoms with E-state index in [1.54, 1.807) is 13.1 Å². The van der Waals surface area contributed by atoms with Gasteiger partial charge in [0.1, 0.15) is 11.6 Å². The van der Waals surface area contributed by atoms with Crippen LogP contribution in [-0.4, -0.2) is 9.13 Å². The minimum Gasteiger partial charge on any atom is -0.302 e. The Morgan fingerprint density at radius 2 is 2.20 bits per heavy atom. The van der Waals surface area contributed by atoms with Crippen LogP contribution in [0.15, 0.2) is 15.8 Å². The molecule has 0 spiro atoms. The molecule has 1 saturated carbocycles. The number of nitriles is 1. The molecule has 1 fully saturated rings. The lowest BCUT2D eigenvalue weighted by Gasteiger charge is -2.06. The van der Waals surface area contributed by atoms with Crippen LogP contribution in [0.2, 0.25) is 0 Å². The maximum atomic E-state index is 11.7. The molecule has 0 aliphatic heterocycles. The molecule has 0 aromatic carbocycles. The fraction of sp³-hybridized carbons (Fsp3) is 0.500. The molecule has 15 heavy (non-hydrogen) atoms. The van der Waals surface area contributed by atoms with Crippen molar-refractivity contribution in [3.8, 4) is 6.07 Å². The highest BCUT2D eigenvalue weighted by Gasteiger charge is 2.24. The highest BCUT2D eigenvalue weighted by atomic mass is 16.2. The Bertz CT molecular complexity index is 543. The molecule has 1 aromatic rings. The first-order valence-electron chi connectivity index (χ1n) is 4.84. The van der Waals surface area contributed by atoms with Gasteiger partial charge in [-0.3, -0.25) is 9.36 Å². The predicted molar refractivity (Wildman–Crippen MR) is 53.4 cm³/mol. The molecule has 1 heterocycles. The largest absolute Gasteiger partial charge is 0.330 e. The van der Waals surface area contributed by atoms with E-state index in [1.165, 1.54) is 10.8 Å². The van der Waals surface area contributed by atoms with Crippen molar-refractivity contribution in [1.29, 1.82) is 5.26 Å². The lowest BCUT2D eigenvalue weighted by atomic mass is 10.3.